The average Bonchev–Trinajstić information content (AvgIpc) is 3.39. The second-order valence-corrected chi connectivity index (χ2v) is 18.4. The number of ether oxygens (including phenoxy) is 5. The van der Waals surface area contributed by atoms with E-state index in [-0.39, 0.29) is 25.9 Å². The second-order valence-electron chi connectivity index (χ2n) is 18.4. The minimum Gasteiger partial charge on any atom is -0.479 e. The van der Waals surface area contributed by atoms with Crippen LogP contribution in [0.25, 0.3) is 0 Å². The Labute approximate surface area is 451 Å². The molecule has 0 bridgehead atoms. The largest absolute Gasteiger partial charge is 0.479 e. The molecule has 1 saturated heterocycles. The predicted octanol–water partition coefficient (Wildman–Crippen LogP) is 14.2. The summed E-state index contributed by atoms with van der Waals surface area (Å²) in [7, 11) is 0. The van der Waals surface area contributed by atoms with E-state index >= 15 is 0 Å². The van der Waals surface area contributed by atoms with E-state index in [4.69, 9.17) is 23.7 Å². The van der Waals surface area contributed by atoms with E-state index in [2.05, 4.69) is 124 Å². The molecule has 0 aromatic carbocycles. The van der Waals surface area contributed by atoms with Crippen molar-refractivity contribution in [3.8, 4) is 0 Å². The van der Waals surface area contributed by atoms with Crippen LogP contribution in [0.4, 0.5) is 0 Å². The Bertz CT molecular complexity index is 1810. The van der Waals surface area contributed by atoms with Crippen molar-refractivity contribution in [2.45, 2.75) is 225 Å². The number of aliphatic carboxylic acids is 1. The molecule has 1 rings (SSSR count). The van der Waals surface area contributed by atoms with Crippen LogP contribution >= 0.6 is 0 Å². The summed E-state index contributed by atoms with van der Waals surface area (Å²) < 4.78 is 28.2. The maximum atomic E-state index is 13.1. The van der Waals surface area contributed by atoms with E-state index in [9.17, 15) is 34.5 Å². The minimum atomic E-state index is -1.93. The van der Waals surface area contributed by atoms with Crippen molar-refractivity contribution in [1.82, 2.24) is 0 Å². The van der Waals surface area contributed by atoms with Gasteiger partial charge < -0.3 is 39.0 Å². The number of aliphatic hydroxyl groups is 2. The summed E-state index contributed by atoms with van der Waals surface area (Å²) in [5, 5.41) is 31.4. The molecule has 75 heavy (non-hydrogen) atoms. The molecule has 1 heterocycles. The van der Waals surface area contributed by atoms with Crippen LogP contribution in [0.1, 0.15) is 188 Å². The molecule has 0 aromatic rings. The van der Waals surface area contributed by atoms with E-state index in [0.29, 0.717) is 25.7 Å². The van der Waals surface area contributed by atoms with Gasteiger partial charge in [0.1, 0.15) is 18.8 Å². The third-order valence-electron chi connectivity index (χ3n) is 11.7. The van der Waals surface area contributed by atoms with E-state index in [1.807, 2.05) is 30.4 Å². The van der Waals surface area contributed by atoms with Crippen LogP contribution in [-0.2, 0) is 42.9 Å². The lowest BCUT2D eigenvalue weighted by molar-refractivity contribution is -0.301. The van der Waals surface area contributed by atoms with Crippen molar-refractivity contribution in [1.29, 1.82) is 0 Å². The van der Waals surface area contributed by atoms with Gasteiger partial charge in [0, 0.05) is 19.3 Å². The molecular formula is C63H96O12. The van der Waals surface area contributed by atoms with Crippen molar-refractivity contribution in [3.05, 3.63) is 134 Å². The van der Waals surface area contributed by atoms with Crippen LogP contribution < -0.4 is 0 Å². The molecule has 0 amide bonds. The third-order valence-corrected chi connectivity index (χ3v) is 11.7. The number of aliphatic hydroxyl groups excluding tert-OH is 2. The number of carbonyl (C=O) groups is 4. The van der Waals surface area contributed by atoms with E-state index < -0.39 is 67.3 Å². The molecule has 420 valence electrons. The molecule has 6 atom stereocenters. The molecule has 6 unspecified atom stereocenters. The number of unbranched alkanes of at least 4 members (excludes halogenated alkanes) is 9. The van der Waals surface area contributed by atoms with E-state index in [0.717, 1.165) is 103 Å². The number of carboxylic acid groups (broad SMARTS) is 1. The zero-order valence-electron chi connectivity index (χ0n) is 46.0. The van der Waals surface area contributed by atoms with Crippen LogP contribution in [-0.4, -0.2) is 89.2 Å². The van der Waals surface area contributed by atoms with Gasteiger partial charge in [0.25, 0.3) is 0 Å². The highest BCUT2D eigenvalue weighted by molar-refractivity contribution is 5.74. The van der Waals surface area contributed by atoms with Crippen molar-refractivity contribution in [3.63, 3.8) is 0 Å². The van der Waals surface area contributed by atoms with Crippen molar-refractivity contribution < 1.29 is 58.2 Å². The topological polar surface area (TPSA) is 175 Å². The summed E-state index contributed by atoms with van der Waals surface area (Å²) in [5.74, 6) is -3.38. The normalized spacial score (nSPS) is 19.2. The van der Waals surface area contributed by atoms with Crippen molar-refractivity contribution >= 4 is 23.9 Å². The number of hydrogen-bond acceptors (Lipinski definition) is 11. The molecular weight excluding hydrogens is 949 g/mol. The minimum absolute atomic E-state index is 0.0178. The number of carbonyl (C=O) groups excluding carboxylic acids is 3. The summed E-state index contributed by atoms with van der Waals surface area (Å²) in [6.07, 6.45) is 57.5. The van der Waals surface area contributed by atoms with E-state index in [1.54, 1.807) is 0 Å². The van der Waals surface area contributed by atoms with E-state index in [1.165, 1.54) is 19.3 Å². The van der Waals surface area contributed by atoms with Gasteiger partial charge in [-0.3, -0.25) is 14.4 Å². The first kappa shape index (κ1) is 67.9. The van der Waals surface area contributed by atoms with Crippen LogP contribution in [0, 0.1) is 0 Å². The van der Waals surface area contributed by atoms with Crippen LogP contribution in [0.3, 0.4) is 0 Å². The molecule has 0 radical (unpaired) electrons. The van der Waals surface area contributed by atoms with Gasteiger partial charge >= 0.3 is 23.9 Å². The molecule has 1 fully saturated rings. The van der Waals surface area contributed by atoms with Gasteiger partial charge in [-0.25, -0.2) is 4.79 Å². The first-order chi connectivity index (χ1) is 36.6. The Morgan fingerprint density at radius 2 is 0.867 bits per heavy atom. The quantitative estimate of drug-likeness (QED) is 0.0228. The monoisotopic (exact) mass is 1040 g/mol. The van der Waals surface area contributed by atoms with Crippen LogP contribution in [0.2, 0.25) is 0 Å². The van der Waals surface area contributed by atoms with Crippen molar-refractivity contribution in [2.24, 2.45) is 0 Å². The number of rotatable bonds is 45. The highest BCUT2D eigenvalue weighted by Crippen LogP contribution is 2.26. The zero-order valence-corrected chi connectivity index (χ0v) is 46.0. The fourth-order valence-corrected chi connectivity index (χ4v) is 7.46. The second kappa shape index (κ2) is 49.7. The Morgan fingerprint density at radius 1 is 0.453 bits per heavy atom. The lowest BCUT2D eigenvalue weighted by Crippen LogP contribution is -2.61. The summed E-state index contributed by atoms with van der Waals surface area (Å²) >= 11 is 0. The highest BCUT2D eigenvalue weighted by atomic mass is 16.7. The summed E-state index contributed by atoms with van der Waals surface area (Å²) in [5.41, 5.74) is 0. The third kappa shape index (κ3) is 39.9. The van der Waals surface area contributed by atoms with Crippen LogP contribution in [0.15, 0.2) is 134 Å². The lowest BCUT2D eigenvalue weighted by atomic mass is 9.98. The molecule has 12 nitrogen and oxygen atoms in total. The Morgan fingerprint density at radius 3 is 1.33 bits per heavy atom. The number of allylic oxidation sites excluding steroid dienone is 22. The first-order valence-corrected chi connectivity index (χ1v) is 28.2. The smallest absolute Gasteiger partial charge is 0.335 e. The van der Waals surface area contributed by atoms with Gasteiger partial charge in [0.05, 0.1) is 6.61 Å². The predicted molar refractivity (Wildman–Crippen MR) is 303 cm³/mol. The lowest BCUT2D eigenvalue weighted by Gasteiger charge is -2.40. The Hall–Kier alpha value is -5.14. The van der Waals surface area contributed by atoms with Gasteiger partial charge in [-0.05, 0) is 109 Å². The van der Waals surface area contributed by atoms with Gasteiger partial charge in [0.2, 0.25) is 0 Å². The SMILES string of the molecule is CC/C=C\C/C=C\C/C=C\C/C=C\CCC(=O)OCC(COC1OC(C(=O)O)C(O)C(O)C1OC(=O)CCCCCCCC/C=C\C/C=C\C/C=C\CCCCC)OC(=O)CC/C=C\C/C=C\C/C=C\C/C=C\CC. The maximum Gasteiger partial charge on any atom is 0.335 e. The molecule has 3 N–H and O–H groups in total. The maximum absolute atomic E-state index is 13.1. The van der Waals surface area contributed by atoms with Gasteiger partial charge in [-0.15, -0.1) is 0 Å². The molecule has 0 aliphatic carbocycles. The first-order valence-electron chi connectivity index (χ1n) is 28.2. The Kier molecular flexibility index (Phi) is 45.0. The summed E-state index contributed by atoms with van der Waals surface area (Å²) in [6.45, 7) is 5.57. The standard InChI is InChI=1S/C63H96O12/c1-4-7-10-13-16-19-22-25-26-27-28-29-30-33-36-39-42-45-48-51-57(66)74-61-59(68)58(67)60(62(69)70)75-63(61)72-53-54(73-56(65)50-47-44-41-38-35-32-24-21-18-15-12-9-6-3)52-71-55(64)49-46-43-40-37-34-31-23-20-17-14-11-8-5-2/h8-9,11-12,16-21,25-26,28-29,31-32,34-35,40-41,43-44,54,58-61,63,67-68H,4-7,10,13-15,22-24,27,30,33,36-39,42,45-53H2,1-3H3,(H,69,70)/b11-8-,12-9-,19-16-,20-17-,21-18-,26-25-,29-28-,34-31-,35-32-,43-40-,44-41-. The summed E-state index contributed by atoms with van der Waals surface area (Å²) in [6, 6.07) is 0. The number of esters is 3. The fourth-order valence-electron chi connectivity index (χ4n) is 7.46. The summed E-state index contributed by atoms with van der Waals surface area (Å²) in [4.78, 5) is 50.9. The Balaban J connectivity index is 2.77. The van der Waals surface area contributed by atoms with Gasteiger partial charge in [-0.1, -0.05) is 193 Å². The molecule has 12 heteroatoms. The molecule has 0 aromatic heterocycles. The molecule has 1 aliphatic rings. The number of carboxylic acids is 1. The van der Waals surface area contributed by atoms with Crippen molar-refractivity contribution in [2.75, 3.05) is 13.2 Å². The van der Waals surface area contributed by atoms with Gasteiger partial charge in [0.15, 0.2) is 24.6 Å². The van der Waals surface area contributed by atoms with Crippen LogP contribution in [0.5, 0.6) is 0 Å². The molecule has 1 aliphatic heterocycles. The van der Waals surface area contributed by atoms with Gasteiger partial charge in [-0.2, -0.15) is 0 Å². The molecule has 0 spiro atoms. The number of hydrogen-bond donors (Lipinski definition) is 3. The molecule has 0 saturated carbocycles. The zero-order chi connectivity index (χ0) is 54.7. The fraction of sp³-hybridized carbons (Fsp3) is 0.587. The highest BCUT2D eigenvalue weighted by Gasteiger charge is 2.50. The average molecular weight is 1050 g/mol.